The van der Waals surface area contributed by atoms with Crippen molar-refractivity contribution in [1.29, 1.82) is 0 Å². The van der Waals surface area contributed by atoms with Gasteiger partial charge in [-0.3, -0.25) is 0 Å². The summed E-state index contributed by atoms with van der Waals surface area (Å²) in [6, 6.07) is 3.34. The van der Waals surface area contributed by atoms with Crippen LogP contribution in [0.4, 0.5) is 9.18 Å². The number of hydrogen-bond donors (Lipinski definition) is 1. The minimum absolute atomic E-state index is 0.116. The summed E-state index contributed by atoms with van der Waals surface area (Å²) in [5.41, 5.74) is 6.06. The van der Waals surface area contributed by atoms with Gasteiger partial charge in [0.1, 0.15) is 17.7 Å². The molecule has 94 valence electrons. The zero-order chi connectivity index (χ0) is 12.9. The van der Waals surface area contributed by atoms with Gasteiger partial charge in [-0.25, -0.2) is 9.18 Å². The molecule has 3 rings (SSSR count). The molecule has 1 unspecified atom stereocenters. The maximum atomic E-state index is 13.9. The Hall–Kier alpha value is -1.62. The summed E-state index contributed by atoms with van der Waals surface area (Å²) in [4.78, 5) is 17.0. The van der Waals surface area contributed by atoms with Crippen molar-refractivity contribution >= 4 is 23.5 Å². The molecule has 2 N–H and O–H groups in total. The fourth-order valence-corrected chi connectivity index (χ4v) is 2.42. The molecule has 0 saturated heterocycles. The van der Waals surface area contributed by atoms with Crippen LogP contribution < -0.4 is 5.73 Å². The van der Waals surface area contributed by atoms with Crippen LogP contribution in [0.25, 0.3) is 0 Å². The Morgan fingerprint density at radius 2 is 2.17 bits per heavy atom. The summed E-state index contributed by atoms with van der Waals surface area (Å²) < 4.78 is 13.9. The van der Waals surface area contributed by atoms with Crippen LogP contribution in [0.15, 0.2) is 23.2 Å². The van der Waals surface area contributed by atoms with Crippen LogP contribution in [0.3, 0.4) is 0 Å². The van der Waals surface area contributed by atoms with E-state index < -0.39 is 11.9 Å². The van der Waals surface area contributed by atoms with Gasteiger partial charge in [0.25, 0.3) is 0 Å². The summed E-state index contributed by atoms with van der Waals surface area (Å²) in [6.07, 6.45) is 1.82. The van der Waals surface area contributed by atoms with Crippen LogP contribution >= 0.6 is 11.6 Å². The lowest BCUT2D eigenvalue weighted by atomic mass is 10.0. The molecule has 2 amide bonds. The Morgan fingerprint density at radius 3 is 2.83 bits per heavy atom. The highest BCUT2D eigenvalue weighted by atomic mass is 35.5. The molecule has 1 aromatic rings. The molecule has 1 aromatic carbocycles. The lowest BCUT2D eigenvalue weighted by molar-refractivity contribution is 0.202. The SMILES string of the molecule is NC1=NC(=O)N(C2CC2)C1c1cc(Cl)ccc1F. The predicted molar refractivity (Wildman–Crippen MR) is 66.0 cm³/mol. The van der Waals surface area contributed by atoms with E-state index in [0.717, 1.165) is 12.8 Å². The van der Waals surface area contributed by atoms with Gasteiger partial charge in [-0.15, -0.1) is 0 Å². The second kappa shape index (κ2) is 3.95. The fraction of sp³-hybridized carbons (Fsp3) is 0.333. The van der Waals surface area contributed by atoms with Crippen LogP contribution in [0.1, 0.15) is 24.4 Å². The minimum atomic E-state index is -0.622. The Labute approximate surface area is 108 Å². The van der Waals surface area contributed by atoms with Crippen LogP contribution in [0.5, 0.6) is 0 Å². The molecular formula is C12H11ClFN3O. The lowest BCUT2D eigenvalue weighted by Gasteiger charge is -2.24. The number of amides is 2. The number of carbonyl (C=O) groups is 1. The summed E-state index contributed by atoms with van der Waals surface area (Å²) in [6.45, 7) is 0. The van der Waals surface area contributed by atoms with Gasteiger partial charge >= 0.3 is 6.03 Å². The van der Waals surface area contributed by atoms with E-state index in [-0.39, 0.29) is 17.9 Å². The second-order valence-electron chi connectivity index (χ2n) is 4.53. The van der Waals surface area contributed by atoms with Crippen molar-refractivity contribution in [2.75, 3.05) is 0 Å². The van der Waals surface area contributed by atoms with Crippen LogP contribution in [0, 0.1) is 5.82 Å². The Balaban J connectivity index is 2.05. The maximum Gasteiger partial charge on any atom is 0.346 e. The van der Waals surface area contributed by atoms with Crippen molar-refractivity contribution in [3.8, 4) is 0 Å². The van der Waals surface area contributed by atoms with Crippen molar-refractivity contribution in [1.82, 2.24) is 4.90 Å². The number of nitrogens with zero attached hydrogens (tertiary/aromatic N) is 2. The number of amidine groups is 1. The van der Waals surface area contributed by atoms with E-state index in [1.165, 1.54) is 18.2 Å². The monoisotopic (exact) mass is 267 g/mol. The molecule has 1 saturated carbocycles. The molecule has 1 heterocycles. The number of rotatable bonds is 2. The van der Waals surface area contributed by atoms with Crippen LogP contribution in [0.2, 0.25) is 5.02 Å². The molecule has 1 aliphatic heterocycles. The third-order valence-electron chi connectivity index (χ3n) is 3.20. The first-order valence-electron chi connectivity index (χ1n) is 5.69. The van der Waals surface area contributed by atoms with Gasteiger partial charge < -0.3 is 10.6 Å². The average Bonchev–Trinajstić information content (AvgIpc) is 3.09. The molecule has 0 radical (unpaired) electrons. The van der Waals surface area contributed by atoms with Crippen molar-refractivity contribution in [3.05, 3.63) is 34.6 Å². The van der Waals surface area contributed by atoms with Crippen LogP contribution in [-0.4, -0.2) is 22.8 Å². The second-order valence-corrected chi connectivity index (χ2v) is 4.96. The zero-order valence-corrected chi connectivity index (χ0v) is 10.2. The van der Waals surface area contributed by atoms with E-state index >= 15 is 0 Å². The predicted octanol–water partition coefficient (Wildman–Crippen LogP) is 2.48. The standard InChI is InChI=1S/C12H11ClFN3O/c13-6-1-4-9(14)8(5-6)10-11(15)16-12(18)17(10)7-2-3-7/h1,4-5,7,10H,2-3H2,(H2,15,16,18). The first kappa shape index (κ1) is 11.5. The number of carbonyl (C=O) groups excluding carboxylic acids is 1. The molecule has 1 fully saturated rings. The molecule has 6 heteroatoms. The van der Waals surface area contributed by atoms with Crippen molar-refractivity contribution in [2.45, 2.75) is 24.9 Å². The van der Waals surface area contributed by atoms with Gasteiger partial charge in [0.2, 0.25) is 0 Å². The highest BCUT2D eigenvalue weighted by Gasteiger charge is 2.44. The third-order valence-corrected chi connectivity index (χ3v) is 3.43. The molecule has 4 nitrogen and oxygen atoms in total. The van der Waals surface area contributed by atoms with Crippen molar-refractivity contribution in [2.24, 2.45) is 10.7 Å². The molecule has 0 aromatic heterocycles. The van der Waals surface area contributed by atoms with E-state index in [1.54, 1.807) is 4.90 Å². The fourth-order valence-electron chi connectivity index (χ4n) is 2.24. The van der Waals surface area contributed by atoms with Gasteiger partial charge in [0, 0.05) is 16.6 Å². The first-order chi connectivity index (χ1) is 8.58. The maximum absolute atomic E-state index is 13.9. The van der Waals surface area contributed by atoms with Crippen LogP contribution in [-0.2, 0) is 0 Å². The van der Waals surface area contributed by atoms with Gasteiger partial charge in [0.15, 0.2) is 0 Å². The van der Waals surface area contributed by atoms with E-state index in [9.17, 15) is 9.18 Å². The van der Waals surface area contributed by atoms with Crippen molar-refractivity contribution < 1.29 is 9.18 Å². The third kappa shape index (κ3) is 1.75. The number of urea groups is 1. The summed E-state index contributed by atoms with van der Waals surface area (Å²) in [7, 11) is 0. The summed E-state index contributed by atoms with van der Waals surface area (Å²) in [5.74, 6) is -0.295. The molecule has 18 heavy (non-hydrogen) atoms. The highest BCUT2D eigenvalue weighted by molar-refractivity contribution is 6.30. The van der Waals surface area contributed by atoms with Gasteiger partial charge in [-0.1, -0.05) is 11.6 Å². The Kier molecular flexibility index (Phi) is 2.52. The largest absolute Gasteiger partial charge is 0.385 e. The number of hydrogen-bond acceptors (Lipinski definition) is 2. The molecule has 0 bridgehead atoms. The highest BCUT2D eigenvalue weighted by Crippen LogP contribution is 2.39. The smallest absolute Gasteiger partial charge is 0.346 e. The van der Waals surface area contributed by atoms with E-state index in [4.69, 9.17) is 17.3 Å². The average molecular weight is 268 g/mol. The molecule has 2 aliphatic rings. The molecular weight excluding hydrogens is 257 g/mol. The van der Waals surface area contributed by atoms with E-state index in [1.807, 2.05) is 0 Å². The lowest BCUT2D eigenvalue weighted by Crippen LogP contribution is -2.35. The van der Waals surface area contributed by atoms with E-state index in [2.05, 4.69) is 4.99 Å². The number of nitrogens with two attached hydrogens (primary N) is 1. The first-order valence-corrected chi connectivity index (χ1v) is 6.07. The summed E-state index contributed by atoms with van der Waals surface area (Å²) >= 11 is 5.87. The number of halogens is 2. The minimum Gasteiger partial charge on any atom is -0.385 e. The summed E-state index contributed by atoms with van der Waals surface area (Å²) in [5, 5.41) is 0.411. The molecule has 1 atom stereocenters. The van der Waals surface area contributed by atoms with Gasteiger partial charge in [0.05, 0.1) is 0 Å². The Bertz CT molecular complexity index is 556. The Morgan fingerprint density at radius 1 is 1.44 bits per heavy atom. The zero-order valence-electron chi connectivity index (χ0n) is 9.44. The molecule has 0 spiro atoms. The number of aliphatic imine (C=N–C) groups is 1. The quantitative estimate of drug-likeness (QED) is 0.895. The van der Waals surface area contributed by atoms with Crippen molar-refractivity contribution in [3.63, 3.8) is 0 Å². The van der Waals surface area contributed by atoms with Gasteiger partial charge in [-0.2, -0.15) is 4.99 Å². The van der Waals surface area contributed by atoms with E-state index in [0.29, 0.717) is 10.6 Å². The van der Waals surface area contributed by atoms with Gasteiger partial charge in [-0.05, 0) is 31.0 Å². The molecule has 1 aliphatic carbocycles. The number of benzene rings is 1. The normalized spacial score (nSPS) is 23.4. The topological polar surface area (TPSA) is 58.7 Å².